The van der Waals surface area contributed by atoms with Crippen molar-refractivity contribution in [3.63, 3.8) is 0 Å². The molecule has 0 amide bonds. The second kappa shape index (κ2) is 14.6. The first-order chi connectivity index (χ1) is 3.73. The first-order valence-corrected chi connectivity index (χ1v) is 2.61. The molecule has 0 heterocycles. The zero-order chi connectivity index (χ0) is 8.08. The average molecular weight is 238 g/mol. The van der Waals surface area contributed by atoms with Gasteiger partial charge in [-0.1, -0.05) is 0 Å². The monoisotopic (exact) mass is 238 g/mol. The fraction of sp³-hybridized carbons (Fsp3) is 0. The predicted molar refractivity (Wildman–Crippen MR) is 31.0 cm³/mol. The van der Waals surface area contributed by atoms with E-state index in [2.05, 4.69) is 0 Å². The molecule has 2 N–H and O–H groups in total. The van der Waals surface area contributed by atoms with Gasteiger partial charge in [0.25, 0.3) is 0 Å². The van der Waals surface area contributed by atoms with Crippen LogP contribution in [-0.2, 0) is 10.4 Å². The molecule has 0 atom stereocenters. The summed E-state index contributed by atoms with van der Waals surface area (Å²) in [5.41, 5.74) is 0. The van der Waals surface area contributed by atoms with Crippen LogP contribution in [0.2, 0.25) is 0 Å². The van der Waals surface area contributed by atoms with E-state index in [1.54, 1.807) is 0 Å². The molecule has 0 aliphatic heterocycles. The van der Waals surface area contributed by atoms with Crippen molar-refractivity contribution in [2.75, 3.05) is 0 Å². The van der Waals surface area contributed by atoms with Crippen molar-refractivity contribution in [1.82, 2.24) is 0 Å². The smallest absolute Gasteiger partial charge is 0.759 e. The Morgan fingerprint density at radius 1 is 1.08 bits per heavy atom. The Balaban J connectivity index is -0.0000000221. The molecule has 0 aromatic rings. The number of hydrogen-bond acceptors (Lipinski definition) is 7. The fourth-order valence-electron chi connectivity index (χ4n) is 0. The minimum absolute atomic E-state index is 0. The van der Waals surface area contributed by atoms with Crippen molar-refractivity contribution < 1.29 is 38.0 Å². The topological polar surface area (TPSA) is 175 Å². The van der Waals surface area contributed by atoms with E-state index < -0.39 is 16.6 Å². The van der Waals surface area contributed by atoms with Gasteiger partial charge >= 0.3 is 60.8 Å². The van der Waals surface area contributed by atoms with Gasteiger partial charge in [0.05, 0.1) is 0 Å². The van der Waals surface area contributed by atoms with E-state index in [1.807, 2.05) is 0 Å². The van der Waals surface area contributed by atoms with Crippen molar-refractivity contribution in [2.24, 2.45) is 0 Å². The van der Waals surface area contributed by atoms with Crippen molar-refractivity contribution in [1.29, 1.82) is 0 Å². The largest absolute Gasteiger partial charge is 2.00 e. The molecule has 11 heteroatoms. The number of carboxylic acid groups (broad SMARTS) is 2. The van der Waals surface area contributed by atoms with E-state index >= 15 is 0 Å². The van der Waals surface area contributed by atoms with Crippen LogP contribution in [0.15, 0.2) is 0 Å². The van der Waals surface area contributed by atoms with Crippen LogP contribution in [0, 0.1) is 0 Å². The molecule has 0 aliphatic rings. The molecule has 0 unspecified atom stereocenters. The Hall–Kier alpha value is 1.13. The molecule has 0 fully saturated rings. The van der Waals surface area contributed by atoms with Gasteiger partial charge < -0.3 is 29.6 Å². The molecule has 0 aromatic heterocycles. The number of hydrogen-bond donors (Lipinski definition) is 0. The third-order valence-corrected chi connectivity index (χ3v) is 0. The van der Waals surface area contributed by atoms with Crippen LogP contribution in [0.3, 0.4) is 0 Å². The fourth-order valence-corrected chi connectivity index (χ4v) is 0. The number of carbonyl (C=O) groups is 1. The van der Waals surface area contributed by atoms with Gasteiger partial charge in [-0.25, -0.2) is 0 Å². The standard InChI is InChI=1S/CH2O3.Ca.Mg.H2O4S.H2O/c2-1(3)4;;;1-5(2,3)4;/h(H2,2,3,4);;;(H2,1,2,3,4);1H2/q;2*+2;;/p-4. The van der Waals surface area contributed by atoms with E-state index in [0.717, 1.165) is 0 Å². The Kier molecular flexibility index (Phi) is 35.7. The summed E-state index contributed by atoms with van der Waals surface area (Å²) in [7, 11) is -5.17. The minimum Gasteiger partial charge on any atom is -0.759 e. The third-order valence-electron chi connectivity index (χ3n) is 0. The Bertz CT molecular complexity index is 161. The molecule has 0 radical (unpaired) electrons. The molecule has 0 aromatic carbocycles. The van der Waals surface area contributed by atoms with E-state index in [-0.39, 0.29) is 66.3 Å². The van der Waals surface area contributed by atoms with Crippen LogP contribution >= 0.6 is 0 Å². The maximum atomic E-state index is 8.52. The first-order valence-electron chi connectivity index (χ1n) is 1.28. The predicted octanol–water partition coefficient (Wildman–Crippen LogP) is -5.37. The van der Waals surface area contributed by atoms with Crippen LogP contribution in [0.4, 0.5) is 4.79 Å². The molecule has 8 nitrogen and oxygen atoms in total. The molecular weight excluding hydrogens is 236 g/mol. The Morgan fingerprint density at radius 3 is 1.08 bits per heavy atom. The first kappa shape index (κ1) is 29.2. The number of rotatable bonds is 0. The van der Waals surface area contributed by atoms with Crippen LogP contribution in [0.5, 0.6) is 0 Å². The van der Waals surface area contributed by atoms with Crippen molar-refractivity contribution in [3.8, 4) is 0 Å². The summed E-state index contributed by atoms with van der Waals surface area (Å²) in [4.78, 5) is 8.33. The Morgan fingerprint density at radius 2 is 1.08 bits per heavy atom. The summed E-state index contributed by atoms with van der Waals surface area (Å²) >= 11 is 0. The summed E-state index contributed by atoms with van der Waals surface area (Å²) < 4.78 is 34.1. The molecule has 0 bridgehead atoms. The van der Waals surface area contributed by atoms with Crippen LogP contribution < -0.4 is 10.2 Å². The molecule has 64 valence electrons. The van der Waals surface area contributed by atoms with E-state index in [4.69, 9.17) is 32.5 Å². The van der Waals surface area contributed by atoms with Gasteiger partial charge in [-0.3, -0.25) is 8.42 Å². The van der Waals surface area contributed by atoms with Crippen LogP contribution in [-0.4, -0.2) is 89.9 Å². The third kappa shape index (κ3) is 900. The van der Waals surface area contributed by atoms with Crippen LogP contribution in [0.1, 0.15) is 0 Å². The van der Waals surface area contributed by atoms with Gasteiger partial charge in [-0.2, -0.15) is 0 Å². The Labute approximate surface area is 114 Å². The molecule has 0 aliphatic carbocycles. The second-order valence-electron chi connectivity index (χ2n) is 0.658. The summed E-state index contributed by atoms with van der Waals surface area (Å²) in [5.74, 6) is 0. The average Bonchev–Trinajstić information content (AvgIpc) is 1.19. The quantitative estimate of drug-likeness (QED) is 0.230. The molecule has 12 heavy (non-hydrogen) atoms. The van der Waals surface area contributed by atoms with Gasteiger partial charge in [-0.15, -0.1) is 0 Å². The molecule has 0 rings (SSSR count). The van der Waals surface area contributed by atoms with Gasteiger partial charge in [0, 0.05) is 10.4 Å². The molecule has 0 spiro atoms. The number of carbonyl (C=O) groups excluding carboxylic acids is 1. The molecular formula is CH2CaMgO8S. The maximum absolute atomic E-state index is 8.52. The van der Waals surface area contributed by atoms with Gasteiger partial charge in [0.2, 0.25) is 0 Å². The van der Waals surface area contributed by atoms with Gasteiger partial charge in [0.1, 0.15) is 0 Å². The summed E-state index contributed by atoms with van der Waals surface area (Å²) in [6.45, 7) is 0. The van der Waals surface area contributed by atoms with Gasteiger partial charge in [-0.05, 0) is 6.16 Å². The summed E-state index contributed by atoms with van der Waals surface area (Å²) in [6, 6.07) is 0. The zero-order valence-electron chi connectivity index (χ0n) is 5.68. The summed E-state index contributed by atoms with van der Waals surface area (Å²) in [6.07, 6.45) is -2.33. The SMILES string of the molecule is O.O=C([O-])[O-].O=S(=O)([O-])[O-].[Ca+2].[Mg+2]. The second-order valence-corrected chi connectivity index (χ2v) is 1.47. The molecule has 0 saturated heterocycles. The van der Waals surface area contributed by atoms with E-state index in [0.29, 0.717) is 0 Å². The van der Waals surface area contributed by atoms with Crippen molar-refractivity contribution in [3.05, 3.63) is 0 Å². The van der Waals surface area contributed by atoms with E-state index in [9.17, 15) is 0 Å². The minimum atomic E-state index is -5.17. The zero-order valence-corrected chi connectivity index (χ0v) is 10.1. The van der Waals surface area contributed by atoms with E-state index in [1.165, 1.54) is 0 Å². The maximum Gasteiger partial charge on any atom is 2.00 e. The summed E-state index contributed by atoms with van der Waals surface area (Å²) in [5, 5.41) is 16.7. The van der Waals surface area contributed by atoms with Crippen molar-refractivity contribution >= 4 is 77.3 Å². The van der Waals surface area contributed by atoms with Gasteiger partial charge in [0.15, 0.2) is 0 Å². The van der Waals surface area contributed by atoms with Crippen molar-refractivity contribution in [2.45, 2.75) is 0 Å². The van der Waals surface area contributed by atoms with Crippen LogP contribution in [0.25, 0.3) is 0 Å². The molecule has 0 saturated carbocycles. The normalized spacial score (nSPS) is 6.83.